The van der Waals surface area contributed by atoms with Crippen LogP contribution in [-0.4, -0.2) is 32.1 Å². The summed E-state index contributed by atoms with van der Waals surface area (Å²) in [6, 6.07) is 5.57. The third kappa shape index (κ3) is 1.98. The number of aromatic nitrogens is 4. The van der Waals surface area contributed by atoms with Crippen LogP contribution in [0.4, 0.5) is 5.69 Å². The van der Waals surface area contributed by atoms with Crippen LogP contribution in [0.2, 0.25) is 0 Å². The number of hydrogen-bond acceptors (Lipinski definition) is 5. The van der Waals surface area contributed by atoms with E-state index in [0.29, 0.717) is 17.2 Å². The van der Waals surface area contributed by atoms with Crippen molar-refractivity contribution < 1.29 is 9.53 Å². The molecule has 1 aliphatic heterocycles. The lowest BCUT2D eigenvalue weighted by atomic mass is 10.1. The first-order valence-electron chi connectivity index (χ1n) is 6.88. The van der Waals surface area contributed by atoms with Gasteiger partial charge in [-0.15, -0.1) is 0 Å². The first-order chi connectivity index (χ1) is 10.6. The molecule has 110 valence electrons. The van der Waals surface area contributed by atoms with Crippen molar-refractivity contribution in [2.75, 3.05) is 11.9 Å². The molecule has 0 saturated carbocycles. The lowest BCUT2D eigenvalue weighted by molar-refractivity contribution is -0.118. The van der Waals surface area contributed by atoms with E-state index >= 15 is 0 Å². The summed E-state index contributed by atoms with van der Waals surface area (Å²) in [5.41, 5.74) is 3.98. The van der Waals surface area contributed by atoms with Gasteiger partial charge in [0.1, 0.15) is 5.75 Å². The maximum Gasteiger partial charge on any atom is 0.262 e. The second kappa shape index (κ2) is 4.52. The number of imidazole rings is 1. The fourth-order valence-corrected chi connectivity index (χ4v) is 2.36. The Labute approximate surface area is 126 Å². The van der Waals surface area contributed by atoms with E-state index in [-0.39, 0.29) is 12.5 Å². The zero-order chi connectivity index (χ0) is 15.3. The summed E-state index contributed by atoms with van der Waals surface area (Å²) >= 11 is 0. The van der Waals surface area contributed by atoms with Crippen LogP contribution in [0.5, 0.6) is 5.75 Å². The summed E-state index contributed by atoms with van der Waals surface area (Å²) in [6.07, 6.45) is 1.82. The monoisotopic (exact) mass is 295 g/mol. The molecule has 1 aliphatic rings. The summed E-state index contributed by atoms with van der Waals surface area (Å²) in [6.45, 7) is 3.86. The molecule has 2 aromatic heterocycles. The Balaban J connectivity index is 1.81. The van der Waals surface area contributed by atoms with Crippen LogP contribution in [0.1, 0.15) is 11.4 Å². The summed E-state index contributed by atoms with van der Waals surface area (Å²) < 4.78 is 7.01. The number of nitrogens with one attached hydrogen (secondary N) is 1. The Morgan fingerprint density at radius 3 is 2.95 bits per heavy atom. The van der Waals surface area contributed by atoms with Gasteiger partial charge < -0.3 is 10.1 Å². The molecule has 0 radical (unpaired) electrons. The van der Waals surface area contributed by atoms with Gasteiger partial charge in [-0.3, -0.25) is 4.79 Å². The molecule has 0 spiro atoms. The van der Waals surface area contributed by atoms with Gasteiger partial charge in [-0.2, -0.15) is 5.10 Å². The molecule has 7 heteroatoms. The highest BCUT2D eigenvalue weighted by molar-refractivity contribution is 5.96. The minimum atomic E-state index is -0.158. The lowest BCUT2D eigenvalue weighted by Crippen LogP contribution is -2.25. The maximum absolute atomic E-state index is 11.4. The van der Waals surface area contributed by atoms with E-state index in [9.17, 15) is 4.79 Å². The van der Waals surface area contributed by atoms with E-state index in [1.54, 1.807) is 4.52 Å². The standard InChI is InChI=1S/C15H13N5O2/c1-8-9(2)19-20-6-12(18-15(20)16-8)10-3-4-13-11(5-10)17-14(21)7-22-13/h3-6H,7H2,1-2H3,(H,17,21). The molecule has 0 aliphatic carbocycles. The quantitative estimate of drug-likeness (QED) is 0.739. The number of carbonyl (C=O) groups is 1. The summed E-state index contributed by atoms with van der Waals surface area (Å²) in [5.74, 6) is 1.06. The number of carbonyl (C=O) groups excluding carboxylic acids is 1. The topological polar surface area (TPSA) is 81.4 Å². The fourth-order valence-electron chi connectivity index (χ4n) is 2.36. The van der Waals surface area contributed by atoms with Crippen LogP contribution >= 0.6 is 0 Å². The predicted octanol–water partition coefficient (Wildman–Crippen LogP) is 1.74. The van der Waals surface area contributed by atoms with E-state index < -0.39 is 0 Å². The van der Waals surface area contributed by atoms with Crippen LogP contribution in [-0.2, 0) is 4.79 Å². The average molecular weight is 295 g/mol. The molecule has 1 aromatic carbocycles. The molecular formula is C15H13N5O2. The Hall–Kier alpha value is -2.96. The van der Waals surface area contributed by atoms with Gasteiger partial charge in [0.05, 0.1) is 29.0 Å². The Kier molecular flexibility index (Phi) is 2.62. The van der Waals surface area contributed by atoms with Crippen molar-refractivity contribution in [3.05, 3.63) is 35.8 Å². The van der Waals surface area contributed by atoms with Crippen molar-refractivity contribution in [1.29, 1.82) is 0 Å². The minimum Gasteiger partial charge on any atom is -0.482 e. The largest absolute Gasteiger partial charge is 0.482 e. The highest BCUT2D eigenvalue weighted by atomic mass is 16.5. The Bertz CT molecular complexity index is 877. The molecule has 1 N–H and O–H groups in total. The van der Waals surface area contributed by atoms with E-state index in [4.69, 9.17) is 4.74 Å². The predicted molar refractivity (Wildman–Crippen MR) is 79.8 cm³/mol. The number of anilines is 1. The second-order valence-corrected chi connectivity index (χ2v) is 5.20. The summed E-state index contributed by atoms with van der Waals surface area (Å²) in [7, 11) is 0. The third-order valence-electron chi connectivity index (χ3n) is 3.63. The maximum atomic E-state index is 11.4. The molecule has 4 rings (SSSR count). The van der Waals surface area contributed by atoms with Crippen LogP contribution in [0.25, 0.3) is 17.0 Å². The number of nitrogens with zero attached hydrogens (tertiary/aromatic N) is 4. The van der Waals surface area contributed by atoms with Gasteiger partial charge in [0.25, 0.3) is 11.7 Å². The number of amides is 1. The fraction of sp³-hybridized carbons (Fsp3) is 0.200. The first kappa shape index (κ1) is 12.8. The first-order valence-corrected chi connectivity index (χ1v) is 6.88. The van der Waals surface area contributed by atoms with Crippen LogP contribution in [0.15, 0.2) is 24.4 Å². The molecule has 3 aromatic rings. The van der Waals surface area contributed by atoms with Crippen molar-refractivity contribution in [2.24, 2.45) is 0 Å². The molecule has 0 saturated heterocycles. The smallest absolute Gasteiger partial charge is 0.262 e. The van der Waals surface area contributed by atoms with Gasteiger partial charge in [-0.05, 0) is 32.0 Å². The number of rotatable bonds is 1. The van der Waals surface area contributed by atoms with Crippen molar-refractivity contribution in [3.8, 4) is 17.0 Å². The van der Waals surface area contributed by atoms with E-state index in [2.05, 4.69) is 20.4 Å². The Morgan fingerprint density at radius 2 is 2.09 bits per heavy atom. The zero-order valence-electron chi connectivity index (χ0n) is 12.1. The molecule has 22 heavy (non-hydrogen) atoms. The number of hydrogen-bond donors (Lipinski definition) is 1. The zero-order valence-corrected chi connectivity index (χ0v) is 12.1. The summed E-state index contributed by atoms with van der Waals surface area (Å²) in [4.78, 5) is 20.3. The summed E-state index contributed by atoms with van der Waals surface area (Å²) in [5, 5.41) is 7.21. The molecule has 3 heterocycles. The molecule has 0 bridgehead atoms. The van der Waals surface area contributed by atoms with E-state index in [1.165, 1.54) is 0 Å². The van der Waals surface area contributed by atoms with E-state index in [0.717, 1.165) is 22.6 Å². The van der Waals surface area contributed by atoms with Gasteiger partial charge >= 0.3 is 0 Å². The molecule has 0 atom stereocenters. The van der Waals surface area contributed by atoms with Crippen molar-refractivity contribution in [2.45, 2.75) is 13.8 Å². The molecule has 7 nitrogen and oxygen atoms in total. The van der Waals surface area contributed by atoms with Gasteiger partial charge in [0, 0.05) is 5.56 Å². The van der Waals surface area contributed by atoms with Gasteiger partial charge in [0.15, 0.2) is 6.61 Å². The Morgan fingerprint density at radius 1 is 1.23 bits per heavy atom. The number of fused-ring (bicyclic) bond motifs is 2. The van der Waals surface area contributed by atoms with Gasteiger partial charge in [-0.25, -0.2) is 14.5 Å². The van der Waals surface area contributed by atoms with Crippen LogP contribution in [0.3, 0.4) is 0 Å². The number of aryl methyl sites for hydroxylation is 2. The highest BCUT2D eigenvalue weighted by Gasteiger charge is 2.17. The minimum absolute atomic E-state index is 0.0487. The molecule has 0 unspecified atom stereocenters. The van der Waals surface area contributed by atoms with Crippen molar-refractivity contribution in [1.82, 2.24) is 19.6 Å². The number of ether oxygens (including phenoxy) is 1. The van der Waals surface area contributed by atoms with Crippen molar-refractivity contribution >= 4 is 17.4 Å². The van der Waals surface area contributed by atoms with Gasteiger partial charge in [0.2, 0.25) is 0 Å². The normalized spacial score (nSPS) is 13.6. The third-order valence-corrected chi connectivity index (χ3v) is 3.63. The highest BCUT2D eigenvalue weighted by Crippen LogP contribution is 2.32. The number of benzene rings is 1. The molecule has 1 amide bonds. The van der Waals surface area contributed by atoms with Crippen molar-refractivity contribution in [3.63, 3.8) is 0 Å². The van der Waals surface area contributed by atoms with Crippen LogP contribution < -0.4 is 10.1 Å². The van der Waals surface area contributed by atoms with Crippen LogP contribution in [0, 0.1) is 13.8 Å². The van der Waals surface area contributed by atoms with E-state index in [1.807, 2.05) is 38.2 Å². The SMILES string of the molecule is Cc1nc2nc(-c3ccc4c(c3)NC(=O)CO4)cn2nc1C. The lowest BCUT2D eigenvalue weighted by Gasteiger charge is -2.18. The second-order valence-electron chi connectivity index (χ2n) is 5.20. The molecular weight excluding hydrogens is 282 g/mol. The average Bonchev–Trinajstić information content (AvgIpc) is 2.89. The van der Waals surface area contributed by atoms with Gasteiger partial charge in [-0.1, -0.05) is 0 Å². The molecule has 0 fully saturated rings.